The molecular formula is C27H38N8O3. The van der Waals surface area contributed by atoms with Crippen LogP contribution >= 0.6 is 0 Å². The van der Waals surface area contributed by atoms with Crippen molar-refractivity contribution in [3.8, 4) is 0 Å². The fourth-order valence-corrected chi connectivity index (χ4v) is 5.12. The Labute approximate surface area is 223 Å². The summed E-state index contributed by atoms with van der Waals surface area (Å²) < 4.78 is 0. The molecule has 2 saturated heterocycles. The number of aliphatic hydroxyl groups excluding tert-OH is 1. The van der Waals surface area contributed by atoms with E-state index >= 15 is 0 Å². The summed E-state index contributed by atoms with van der Waals surface area (Å²) in [6.45, 7) is 8.31. The Kier molecular flexibility index (Phi) is 8.35. The summed E-state index contributed by atoms with van der Waals surface area (Å²) >= 11 is 0. The van der Waals surface area contributed by atoms with Gasteiger partial charge in [0, 0.05) is 77.9 Å². The van der Waals surface area contributed by atoms with Crippen molar-refractivity contribution >= 4 is 23.6 Å². The monoisotopic (exact) mass is 522 g/mol. The summed E-state index contributed by atoms with van der Waals surface area (Å²) in [7, 11) is 0. The third-order valence-corrected chi connectivity index (χ3v) is 7.48. The summed E-state index contributed by atoms with van der Waals surface area (Å²) in [4.78, 5) is 40.5. The van der Waals surface area contributed by atoms with Gasteiger partial charge in [-0.1, -0.05) is 31.2 Å². The van der Waals surface area contributed by atoms with Gasteiger partial charge >= 0.3 is 0 Å². The highest BCUT2D eigenvalue weighted by atomic mass is 16.3. The van der Waals surface area contributed by atoms with Crippen LogP contribution in [0.25, 0.3) is 0 Å². The minimum absolute atomic E-state index is 0.142. The molecule has 38 heavy (non-hydrogen) atoms. The van der Waals surface area contributed by atoms with Crippen LogP contribution in [0.3, 0.4) is 0 Å². The summed E-state index contributed by atoms with van der Waals surface area (Å²) in [5, 5.41) is 20.1. The molecule has 0 radical (unpaired) electrons. The smallest absolute Gasteiger partial charge is 0.270 e. The van der Waals surface area contributed by atoms with E-state index in [1.165, 1.54) is 11.1 Å². The molecule has 4 heterocycles. The molecule has 2 amide bonds. The zero-order valence-corrected chi connectivity index (χ0v) is 22.0. The van der Waals surface area contributed by atoms with Crippen LogP contribution in [0.5, 0.6) is 0 Å². The van der Waals surface area contributed by atoms with Crippen molar-refractivity contribution in [2.45, 2.75) is 38.5 Å². The van der Waals surface area contributed by atoms with E-state index < -0.39 is 6.10 Å². The molecule has 2 fully saturated rings. The molecule has 3 aliphatic heterocycles. The summed E-state index contributed by atoms with van der Waals surface area (Å²) in [6.07, 6.45) is 0.770. The molecule has 4 N–H and O–H groups in total. The van der Waals surface area contributed by atoms with Gasteiger partial charge in [0.2, 0.25) is 11.9 Å². The molecule has 204 valence electrons. The van der Waals surface area contributed by atoms with Crippen molar-refractivity contribution in [2.75, 3.05) is 69.1 Å². The first-order valence-electron chi connectivity index (χ1n) is 13.6. The molecule has 1 aromatic heterocycles. The van der Waals surface area contributed by atoms with Gasteiger partial charge in [-0.15, -0.1) is 0 Å². The standard InChI is InChI=1S/C27H38N8O3/c1-2-25(37)34-9-11-35(12-10-34)27-31-23(13-24(32-27)30-21-14-28-15-21)26(38)29-16-22(36)18-33-8-7-19-5-3-4-6-20(19)17-33/h3-6,13,21-22,28,36H,2,7-12,14-18H2,1H3,(H,29,38)(H,30,31,32)/t22-/m0/s1. The van der Waals surface area contributed by atoms with E-state index in [-0.39, 0.29) is 30.1 Å². The zero-order valence-electron chi connectivity index (χ0n) is 22.0. The minimum atomic E-state index is -0.687. The van der Waals surface area contributed by atoms with E-state index in [2.05, 4.69) is 49.0 Å². The van der Waals surface area contributed by atoms with Crippen molar-refractivity contribution < 1.29 is 14.7 Å². The number of hydrogen-bond acceptors (Lipinski definition) is 9. The van der Waals surface area contributed by atoms with Crippen molar-refractivity contribution in [3.05, 3.63) is 47.2 Å². The van der Waals surface area contributed by atoms with Gasteiger partial charge in [-0.3, -0.25) is 14.5 Å². The number of carbonyl (C=O) groups is 2. The van der Waals surface area contributed by atoms with E-state index in [1.54, 1.807) is 6.07 Å². The average Bonchev–Trinajstić information content (AvgIpc) is 2.93. The molecule has 0 unspecified atom stereocenters. The third-order valence-electron chi connectivity index (χ3n) is 7.48. The Morgan fingerprint density at radius 1 is 1.11 bits per heavy atom. The first kappa shape index (κ1) is 26.3. The lowest BCUT2D eigenvalue weighted by Crippen LogP contribution is -2.52. The number of amides is 2. The van der Waals surface area contributed by atoms with E-state index in [0.29, 0.717) is 50.9 Å². The van der Waals surface area contributed by atoms with Crippen LogP contribution < -0.4 is 20.9 Å². The number of hydrogen-bond donors (Lipinski definition) is 4. The Morgan fingerprint density at radius 3 is 2.58 bits per heavy atom. The fraction of sp³-hybridized carbons (Fsp3) is 0.556. The van der Waals surface area contributed by atoms with Gasteiger partial charge in [-0.2, -0.15) is 4.98 Å². The molecule has 0 spiro atoms. The number of benzene rings is 1. The highest BCUT2D eigenvalue weighted by molar-refractivity contribution is 5.93. The van der Waals surface area contributed by atoms with E-state index in [0.717, 1.165) is 32.6 Å². The van der Waals surface area contributed by atoms with Crippen molar-refractivity contribution in [1.82, 2.24) is 30.4 Å². The number of fused-ring (bicyclic) bond motifs is 1. The lowest BCUT2D eigenvalue weighted by molar-refractivity contribution is -0.131. The Hall–Kier alpha value is -3.28. The van der Waals surface area contributed by atoms with Crippen LogP contribution in [0.2, 0.25) is 0 Å². The Balaban J connectivity index is 1.20. The number of carbonyl (C=O) groups excluding carboxylic acids is 2. The van der Waals surface area contributed by atoms with E-state index in [4.69, 9.17) is 0 Å². The summed E-state index contributed by atoms with van der Waals surface area (Å²) in [5.41, 5.74) is 2.92. The highest BCUT2D eigenvalue weighted by Gasteiger charge is 2.25. The van der Waals surface area contributed by atoms with Gasteiger partial charge < -0.3 is 30.9 Å². The van der Waals surface area contributed by atoms with Crippen LogP contribution in [-0.2, 0) is 17.8 Å². The number of rotatable bonds is 9. The quantitative estimate of drug-likeness (QED) is 0.362. The van der Waals surface area contributed by atoms with Gasteiger partial charge in [0.1, 0.15) is 11.5 Å². The van der Waals surface area contributed by atoms with Crippen LogP contribution in [0.1, 0.15) is 35.0 Å². The molecule has 0 bridgehead atoms. The first-order valence-corrected chi connectivity index (χ1v) is 13.6. The maximum Gasteiger partial charge on any atom is 0.270 e. The van der Waals surface area contributed by atoms with E-state index in [9.17, 15) is 14.7 Å². The molecule has 0 aliphatic carbocycles. The maximum absolute atomic E-state index is 13.1. The van der Waals surface area contributed by atoms with Crippen LogP contribution in [-0.4, -0.2) is 108 Å². The van der Waals surface area contributed by atoms with E-state index in [1.807, 2.05) is 22.8 Å². The number of anilines is 2. The number of nitrogens with one attached hydrogen (secondary N) is 3. The molecule has 11 heteroatoms. The second-order valence-electron chi connectivity index (χ2n) is 10.3. The summed E-state index contributed by atoms with van der Waals surface area (Å²) in [5.74, 6) is 0.881. The third kappa shape index (κ3) is 6.40. The lowest BCUT2D eigenvalue weighted by atomic mass is 10.00. The molecule has 2 aromatic rings. The second-order valence-corrected chi connectivity index (χ2v) is 10.3. The zero-order chi connectivity index (χ0) is 26.5. The molecular weight excluding hydrogens is 484 g/mol. The van der Waals surface area contributed by atoms with Gasteiger partial charge in [-0.05, 0) is 17.5 Å². The topological polar surface area (TPSA) is 126 Å². The van der Waals surface area contributed by atoms with Gasteiger partial charge in [-0.25, -0.2) is 4.98 Å². The normalized spacial score (nSPS) is 18.9. The lowest BCUT2D eigenvalue weighted by Gasteiger charge is -2.35. The SMILES string of the molecule is CCC(=O)N1CCN(c2nc(NC3CNC3)cc(C(=O)NC[C@H](O)CN3CCc4ccccc4C3)n2)CC1. The first-order chi connectivity index (χ1) is 18.5. The summed E-state index contributed by atoms with van der Waals surface area (Å²) in [6, 6.07) is 10.3. The number of nitrogens with zero attached hydrogens (tertiary/aromatic N) is 5. The molecule has 11 nitrogen and oxygen atoms in total. The number of aliphatic hydroxyl groups is 1. The van der Waals surface area contributed by atoms with Crippen molar-refractivity contribution in [2.24, 2.45) is 0 Å². The second kappa shape index (κ2) is 12.1. The number of aromatic nitrogens is 2. The molecule has 1 aromatic carbocycles. The molecule has 5 rings (SSSR count). The largest absolute Gasteiger partial charge is 0.390 e. The van der Waals surface area contributed by atoms with Gasteiger partial charge in [0.25, 0.3) is 5.91 Å². The highest BCUT2D eigenvalue weighted by Crippen LogP contribution is 2.19. The van der Waals surface area contributed by atoms with Crippen molar-refractivity contribution in [3.63, 3.8) is 0 Å². The maximum atomic E-state index is 13.1. The van der Waals surface area contributed by atoms with Gasteiger partial charge in [0.05, 0.1) is 12.1 Å². The van der Waals surface area contributed by atoms with Crippen molar-refractivity contribution in [1.29, 1.82) is 0 Å². The Bertz CT molecular complexity index is 1130. The average molecular weight is 523 g/mol. The van der Waals surface area contributed by atoms with Crippen LogP contribution in [0.15, 0.2) is 30.3 Å². The number of β-amino-alcohol motifs (C(OH)–C–C–N with tert-alkyl or cyclic N) is 1. The van der Waals surface area contributed by atoms with Crippen LogP contribution in [0.4, 0.5) is 11.8 Å². The van der Waals surface area contributed by atoms with Gasteiger partial charge in [0.15, 0.2) is 0 Å². The predicted molar refractivity (Wildman–Crippen MR) is 145 cm³/mol. The molecule has 1 atom stereocenters. The van der Waals surface area contributed by atoms with Crippen LogP contribution in [0, 0.1) is 0 Å². The predicted octanol–water partition coefficient (Wildman–Crippen LogP) is 0.0679. The molecule has 0 saturated carbocycles. The fourth-order valence-electron chi connectivity index (χ4n) is 5.12. The number of piperazine rings is 1. The minimum Gasteiger partial charge on any atom is -0.390 e. The molecule has 3 aliphatic rings. The Morgan fingerprint density at radius 2 is 1.87 bits per heavy atom.